The third-order valence-corrected chi connectivity index (χ3v) is 3.74. The van der Waals surface area contributed by atoms with Crippen molar-refractivity contribution in [1.82, 2.24) is 4.90 Å². The van der Waals surface area contributed by atoms with Crippen LogP contribution in [0.4, 0.5) is 0 Å². The second-order valence-electron chi connectivity index (χ2n) is 4.51. The molecule has 1 aliphatic rings. The third kappa shape index (κ3) is 4.26. The Morgan fingerprint density at radius 1 is 1.33 bits per heavy atom. The third-order valence-electron chi connectivity index (χ3n) is 3.02. The van der Waals surface area contributed by atoms with E-state index >= 15 is 0 Å². The summed E-state index contributed by atoms with van der Waals surface area (Å²) in [6.07, 6.45) is 3.89. The first-order valence-electron chi connectivity index (χ1n) is 6.50. The molecule has 0 atom stereocenters. The van der Waals surface area contributed by atoms with Crippen LogP contribution in [0.1, 0.15) is 18.4 Å². The lowest BCUT2D eigenvalue weighted by atomic mass is 10.2. The van der Waals surface area contributed by atoms with Crippen molar-refractivity contribution in [2.24, 2.45) is 0 Å². The molecule has 1 heterocycles. The predicted octanol–water partition coefficient (Wildman–Crippen LogP) is 2.15. The Morgan fingerprint density at radius 2 is 2.10 bits per heavy atom. The van der Waals surface area contributed by atoms with Gasteiger partial charge in [0.2, 0.25) is 5.91 Å². The summed E-state index contributed by atoms with van der Waals surface area (Å²) in [5, 5.41) is 0. The molecule has 0 unspecified atom stereocenters. The highest BCUT2D eigenvalue weighted by molar-refractivity contribution is 9.10. The van der Waals surface area contributed by atoms with Gasteiger partial charge in [0.25, 0.3) is 5.91 Å². The van der Waals surface area contributed by atoms with Crippen molar-refractivity contribution in [3.63, 3.8) is 0 Å². The number of carbonyl (C=O) groups excluding carboxylic acids is 3. The number of hydrogen-bond acceptors (Lipinski definition) is 4. The number of rotatable bonds is 4. The molecule has 1 fully saturated rings. The number of nitrogens with zero attached hydrogens (tertiary/aromatic N) is 1. The molecule has 0 spiro atoms. The van der Waals surface area contributed by atoms with Gasteiger partial charge in [-0.1, -0.05) is 34.1 Å². The van der Waals surface area contributed by atoms with E-state index in [0.717, 1.165) is 14.9 Å². The number of esters is 1. The van der Waals surface area contributed by atoms with Gasteiger partial charge >= 0.3 is 5.97 Å². The number of amides is 2. The van der Waals surface area contributed by atoms with Crippen LogP contribution in [0.15, 0.2) is 34.8 Å². The Balaban J connectivity index is 1.84. The fourth-order valence-corrected chi connectivity index (χ4v) is 2.36. The van der Waals surface area contributed by atoms with Gasteiger partial charge in [-0.05, 0) is 24.1 Å². The van der Waals surface area contributed by atoms with E-state index in [1.807, 2.05) is 24.3 Å². The lowest BCUT2D eigenvalue weighted by Gasteiger charge is -2.12. The average Bonchev–Trinajstić information content (AvgIpc) is 2.90. The van der Waals surface area contributed by atoms with Crippen molar-refractivity contribution in [2.75, 3.05) is 13.2 Å². The first-order valence-corrected chi connectivity index (χ1v) is 7.30. The minimum Gasteiger partial charge on any atom is -0.452 e. The van der Waals surface area contributed by atoms with E-state index in [-0.39, 0.29) is 5.91 Å². The number of ether oxygens (including phenoxy) is 1. The summed E-state index contributed by atoms with van der Waals surface area (Å²) >= 11 is 3.36. The van der Waals surface area contributed by atoms with E-state index in [1.165, 1.54) is 6.08 Å². The maximum Gasteiger partial charge on any atom is 0.331 e. The number of imide groups is 1. The van der Waals surface area contributed by atoms with E-state index in [0.29, 0.717) is 19.4 Å². The first-order chi connectivity index (χ1) is 10.1. The Labute approximate surface area is 130 Å². The smallest absolute Gasteiger partial charge is 0.331 e. The van der Waals surface area contributed by atoms with Gasteiger partial charge in [-0.3, -0.25) is 14.5 Å². The number of carbonyl (C=O) groups is 3. The summed E-state index contributed by atoms with van der Waals surface area (Å²) < 4.78 is 5.70. The van der Waals surface area contributed by atoms with Crippen LogP contribution < -0.4 is 0 Å². The SMILES string of the molecule is O=C(/C=C/c1ccccc1Br)OCC(=O)N1CCCC1=O. The molecule has 1 aliphatic heterocycles. The van der Waals surface area contributed by atoms with E-state index < -0.39 is 18.5 Å². The molecule has 6 heteroatoms. The summed E-state index contributed by atoms with van der Waals surface area (Å²) in [7, 11) is 0. The van der Waals surface area contributed by atoms with Gasteiger partial charge in [0.05, 0.1) is 0 Å². The number of likely N-dealkylation sites (tertiary alicyclic amines) is 1. The van der Waals surface area contributed by atoms with Crippen molar-refractivity contribution < 1.29 is 19.1 Å². The monoisotopic (exact) mass is 351 g/mol. The topological polar surface area (TPSA) is 63.7 Å². The molecule has 0 saturated carbocycles. The molecule has 1 aromatic carbocycles. The minimum absolute atomic E-state index is 0.209. The summed E-state index contributed by atoms with van der Waals surface area (Å²) in [6, 6.07) is 7.40. The molecule has 110 valence electrons. The summed E-state index contributed by atoms with van der Waals surface area (Å²) in [5.74, 6) is -1.30. The van der Waals surface area contributed by atoms with Crippen LogP contribution in [0.5, 0.6) is 0 Å². The van der Waals surface area contributed by atoms with Crippen LogP contribution in [0.25, 0.3) is 6.08 Å². The largest absolute Gasteiger partial charge is 0.452 e. The van der Waals surface area contributed by atoms with Crippen LogP contribution in [0.3, 0.4) is 0 Å². The van der Waals surface area contributed by atoms with Crippen molar-refractivity contribution in [3.05, 3.63) is 40.4 Å². The first kappa shape index (κ1) is 15.4. The van der Waals surface area contributed by atoms with Gasteiger partial charge in [0, 0.05) is 23.5 Å². The van der Waals surface area contributed by atoms with Crippen molar-refractivity contribution >= 4 is 39.8 Å². The number of benzene rings is 1. The van der Waals surface area contributed by atoms with Crippen molar-refractivity contribution in [2.45, 2.75) is 12.8 Å². The molecule has 0 N–H and O–H groups in total. The summed E-state index contributed by atoms with van der Waals surface area (Å²) in [5.41, 5.74) is 0.829. The lowest BCUT2D eigenvalue weighted by Crippen LogP contribution is -2.35. The van der Waals surface area contributed by atoms with Crippen molar-refractivity contribution in [3.8, 4) is 0 Å². The summed E-state index contributed by atoms with van der Waals surface area (Å²) in [4.78, 5) is 35.7. The van der Waals surface area contributed by atoms with Crippen LogP contribution in [0.2, 0.25) is 0 Å². The van der Waals surface area contributed by atoms with Crippen LogP contribution in [-0.4, -0.2) is 35.8 Å². The fraction of sp³-hybridized carbons (Fsp3) is 0.267. The molecule has 0 aliphatic carbocycles. The highest BCUT2D eigenvalue weighted by Crippen LogP contribution is 2.17. The minimum atomic E-state index is -0.620. The lowest BCUT2D eigenvalue weighted by molar-refractivity contribution is -0.151. The highest BCUT2D eigenvalue weighted by Gasteiger charge is 2.26. The van der Waals surface area contributed by atoms with Crippen LogP contribution in [-0.2, 0) is 19.1 Å². The van der Waals surface area contributed by atoms with Gasteiger partial charge in [0.1, 0.15) is 0 Å². The maximum atomic E-state index is 11.7. The maximum absolute atomic E-state index is 11.7. The Morgan fingerprint density at radius 3 is 2.76 bits per heavy atom. The molecular weight excluding hydrogens is 338 g/mol. The molecule has 1 saturated heterocycles. The van der Waals surface area contributed by atoms with Crippen LogP contribution >= 0.6 is 15.9 Å². The van der Waals surface area contributed by atoms with Crippen LogP contribution in [0, 0.1) is 0 Å². The van der Waals surface area contributed by atoms with Gasteiger partial charge < -0.3 is 4.74 Å². The Bertz CT molecular complexity index is 597. The summed E-state index contributed by atoms with van der Waals surface area (Å²) in [6.45, 7) is -0.00705. The van der Waals surface area contributed by atoms with E-state index in [1.54, 1.807) is 6.08 Å². The Kier molecular flexibility index (Phi) is 5.27. The van der Waals surface area contributed by atoms with Gasteiger partial charge in [-0.15, -0.1) is 0 Å². The average molecular weight is 352 g/mol. The number of hydrogen-bond donors (Lipinski definition) is 0. The normalized spacial score (nSPS) is 14.7. The number of halogens is 1. The standard InChI is InChI=1S/C15H14BrNO4/c16-12-5-2-1-4-11(12)7-8-15(20)21-10-14(19)17-9-3-6-13(17)18/h1-2,4-5,7-8H,3,6,9-10H2/b8-7+. The molecule has 2 amide bonds. The predicted molar refractivity (Wildman–Crippen MR) is 80.1 cm³/mol. The molecule has 0 aromatic heterocycles. The second-order valence-corrected chi connectivity index (χ2v) is 5.36. The second kappa shape index (κ2) is 7.17. The fourth-order valence-electron chi connectivity index (χ4n) is 1.94. The quantitative estimate of drug-likeness (QED) is 0.615. The zero-order chi connectivity index (χ0) is 15.2. The Hall–Kier alpha value is -1.95. The van der Waals surface area contributed by atoms with Gasteiger partial charge in [-0.2, -0.15) is 0 Å². The van der Waals surface area contributed by atoms with E-state index in [9.17, 15) is 14.4 Å². The highest BCUT2D eigenvalue weighted by atomic mass is 79.9. The van der Waals surface area contributed by atoms with Gasteiger partial charge in [0.15, 0.2) is 6.61 Å². The van der Waals surface area contributed by atoms with E-state index in [2.05, 4.69) is 15.9 Å². The zero-order valence-electron chi connectivity index (χ0n) is 11.3. The molecule has 2 rings (SSSR count). The molecule has 0 bridgehead atoms. The molecular formula is C15H14BrNO4. The molecule has 5 nitrogen and oxygen atoms in total. The van der Waals surface area contributed by atoms with Gasteiger partial charge in [-0.25, -0.2) is 4.79 Å². The van der Waals surface area contributed by atoms with E-state index in [4.69, 9.17) is 4.74 Å². The molecule has 21 heavy (non-hydrogen) atoms. The van der Waals surface area contributed by atoms with Crippen molar-refractivity contribution in [1.29, 1.82) is 0 Å². The zero-order valence-corrected chi connectivity index (χ0v) is 12.8. The molecule has 0 radical (unpaired) electrons. The molecule has 1 aromatic rings.